The fourth-order valence-corrected chi connectivity index (χ4v) is 2.21. The highest BCUT2D eigenvalue weighted by molar-refractivity contribution is 6.41. The molecule has 26 heavy (non-hydrogen) atoms. The van der Waals surface area contributed by atoms with E-state index in [-0.39, 0.29) is 0 Å². The van der Waals surface area contributed by atoms with Crippen LogP contribution >= 0.6 is 0 Å². The molecule has 0 spiro atoms. The Bertz CT molecular complexity index is 773. The number of hydrogen-bond acceptors (Lipinski definition) is 5. The number of esters is 1. The number of rotatable bonds is 8. The SMILES string of the molecule is COC(=O)C(Cc1ccccc1)NNC(=O)C(=O)C=Cc1ccccc1. The van der Waals surface area contributed by atoms with E-state index in [0.29, 0.717) is 6.42 Å². The highest BCUT2D eigenvalue weighted by Crippen LogP contribution is 2.04. The molecule has 0 radical (unpaired) electrons. The van der Waals surface area contributed by atoms with Crippen LogP contribution in [0, 0.1) is 0 Å². The van der Waals surface area contributed by atoms with Crippen LogP contribution in [0.2, 0.25) is 0 Å². The van der Waals surface area contributed by atoms with Crippen LogP contribution < -0.4 is 10.9 Å². The van der Waals surface area contributed by atoms with Gasteiger partial charge in [-0.15, -0.1) is 0 Å². The number of ketones is 1. The van der Waals surface area contributed by atoms with E-state index in [4.69, 9.17) is 4.74 Å². The lowest BCUT2D eigenvalue weighted by Gasteiger charge is -2.16. The molecule has 6 heteroatoms. The Kier molecular flexibility index (Phi) is 7.27. The van der Waals surface area contributed by atoms with Gasteiger partial charge in [-0.25, -0.2) is 5.43 Å². The third-order valence-corrected chi connectivity index (χ3v) is 3.58. The number of methoxy groups -OCH3 is 1. The number of hydrazine groups is 1. The van der Waals surface area contributed by atoms with Gasteiger partial charge in [0.15, 0.2) is 0 Å². The lowest BCUT2D eigenvalue weighted by Crippen LogP contribution is -2.51. The van der Waals surface area contributed by atoms with E-state index in [0.717, 1.165) is 11.1 Å². The van der Waals surface area contributed by atoms with Gasteiger partial charge in [-0.1, -0.05) is 66.7 Å². The van der Waals surface area contributed by atoms with Crippen LogP contribution in [0.4, 0.5) is 0 Å². The maximum absolute atomic E-state index is 11.9. The molecule has 0 aliphatic carbocycles. The Labute approximate surface area is 151 Å². The third kappa shape index (κ3) is 5.99. The molecule has 1 unspecified atom stereocenters. The standard InChI is InChI=1S/C20H20N2O4/c1-26-20(25)17(14-16-10-6-3-7-11-16)21-22-19(24)18(23)13-12-15-8-4-2-5-9-15/h2-13,17,21H,14H2,1H3,(H,22,24). The first-order valence-electron chi connectivity index (χ1n) is 8.05. The molecule has 0 heterocycles. The van der Waals surface area contributed by atoms with Crippen molar-refractivity contribution in [2.24, 2.45) is 0 Å². The van der Waals surface area contributed by atoms with Crippen LogP contribution in [0.5, 0.6) is 0 Å². The zero-order valence-electron chi connectivity index (χ0n) is 14.3. The number of benzene rings is 2. The maximum Gasteiger partial charge on any atom is 0.325 e. The van der Waals surface area contributed by atoms with E-state index in [2.05, 4.69) is 10.9 Å². The largest absolute Gasteiger partial charge is 0.468 e. The molecule has 0 bridgehead atoms. The number of amides is 1. The van der Waals surface area contributed by atoms with Crippen molar-refractivity contribution in [3.63, 3.8) is 0 Å². The molecule has 2 aromatic rings. The predicted octanol–water partition coefficient (Wildman–Crippen LogP) is 1.67. The summed E-state index contributed by atoms with van der Waals surface area (Å²) in [6.45, 7) is 0. The van der Waals surface area contributed by atoms with Crippen LogP contribution in [-0.4, -0.2) is 30.8 Å². The molecule has 2 N–H and O–H groups in total. The number of hydrogen-bond donors (Lipinski definition) is 2. The third-order valence-electron chi connectivity index (χ3n) is 3.58. The Hall–Kier alpha value is -3.25. The molecule has 2 aromatic carbocycles. The molecule has 6 nitrogen and oxygen atoms in total. The fourth-order valence-electron chi connectivity index (χ4n) is 2.21. The highest BCUT2D eigenvalue weighted by atomic mass is 16.5. The first kappa shape index (κ1) is 19.1. The minimum Gasteiger partial charge on any atom is -0.468 e. The Morgan fingerprint density at radius 1 is 1.00 bits per heavy atom. The molecule has 0 fully saturated rings. The van der Waals surface area contributed by atoms with Crippen molar-refractivity contribution >= 4 is 23.7 Å². The van der Waals surface area contributed by atoms with Crippen molar-refractivity contribution in [3.05, 3.63) is 77.9 Å². The van der Waals surface area contributed by atoms with Crippen LogP contribution in [0.25, 0.3) is 6.08 Å². The van der Waals surface area contributed by atoms with Crippen molar-refractivity contribution in [1.82, 2.24) is 10.9 Å². The van der Waals surface area contributed by atoms with Crippen molar-refractivity contribution in [2.45, 2.75) is 12.5 Å². The van der Waals surface area contributed by atoms with Crippen molar-refractivity contribution in [1.29, 1.82) is 0 Å². The maximum atomic E-state index is 11.9. The second-order valence-corrected chi connectivity index (χ2v) is 5.47. The van der Waals surface area contributed by atoms with Crippen molar-refractivity contribution < 1.29 is 19.1 Å². The number of nitrogens with one attached hydrogen (secondary N) is 2. The molecule has 1 atom stereocenters. The quantitative estimate of drug-likeness (QED) is 0.327. The molecular formula is C20H20N2O4. The molecule has 0 saturated carbocycles. The summed E-state index contributed by atoms with van der Waals surface area (Å²) in [7, 11) is 1.26. The predicted molar refractivity (Wildman–Crippen MR) is 97.7 cm³/mol. The van der Waals surface area contributed by atoms with Gasteiger partial charge in [0.05, 0.1) is 7.11 Å². The van der Waals surface area contributed by atoms with Crippen molar-refractivity contribution in [3.8, 4) is 0 Å². The summed E-state index contributed by atoms with van der Waals surface area (Å²) in [5, 5.41) is 0. The van der Waals surface area contributed by atoms with Gasteiger partial charge in [-0.05, 0) is 17.2 Å². The molecular weight excluding hydrogens is 332 g/mol. The van der Waals surface area contributed by atoms with Gasteiger partial charge in [0.1, 0.15) is 6.04 Å². The summed E-state index contributed by atoms with van der Waals surface area (Å²) in [5.74, 6) is -2.13. The zero-order valence-corrected chi connectivity index (χ0v) is 14.3. The van der Waals surface area contributed by atoms with Gasteiger partial charge in [0, 0.05) is 6.42 Å². The smallest absolute Gasteiger partial charge is 0.325 e. The summed E-state index contributed by atoms with van der Waals surface area (Å²) in [4.78, 5) is 35.7. The van der Waals surface area contributed by atoms with Crippen LogP contribution in [-0.2, 0) is 25.5 Å². The Balaban J connectivity index is 1.92. The minimum atomic E-state index is -0.862. The first-order chi connectivity index (χ1) is 12.6. The Morgan fingerprint density at radius 3 is 2.23 bits per heavy atom. The molecule has 1 amide bonds. The van der Waals surface area contributed by atoms with Gasteiger partial charge >= 0.3 is 11.9 Å². The molecule has 2 rings (SSSR count). The average molecular weight is 352 g/mol. The van der Waals surface area contributed by atoms with Crippen LogP contribution in [0.3, 0.4) is 0 Å². The summed E-state index contributed by atoms with van der Waals surface area (Å²) in [6, 6.07) is 17.6. The van der Waals surface area contributed by atoms with Gasteiger partial charge in [0.25, 0.3) is 0 Å². The number of carbonyl (C=O) groups is 3. The average Bonchev–Trinajstić information content (AvgIpc) is 2.69. The molecule has 0 aliphatic rings. The molecule has 0 aliphatic heterocycles. The van der Waals surface area contributed by atoms with E-state index < -0.39 is 23.7 Å². The summed E-state index contributed by atoms with van der Waals surface area (Å²) in [6.07, 6.45) is 3.03. The molecule has 0 aromatic heterocycles. The monoisotopic (exact) mass is 352 g/mol. The van der Waals surface area contributed by atoms with Gasteiger partial charge < -0.3 is 4.74 Å². The van der Waals surface area contributed by atoms with E-state index in [1.54, 1.807) is 6.08 Å². The van der Waals surface area contributed by atoms with E-state index in [9.17, 15) is 14.4 Å². The van der Waals surface area contributed by atoms with Gasteiger partial charge in [-0.3, -0.25) is 19.8 Å². The van der Waals surface area contributed by atoms with Crippen LogP contribution in [0.1, 0.15) is 11.1 Å². The number of ether oxygens (including phenoxy) is 1. The molecule has 134 valence electrons. The summed E-state index contributed by atoms with van der Waals surface area (Å²) in [5.41, 5.74) is 6.53. The normalized spacial score (nSPS) is 11.7. The van der Waals surface area contributed by atoms with Gasteiger partial charge in [-0.2, -0.15) is 0 Å². The second kappa shape index (κ2) is 9.90. The lowest BCUT2D eigenvalue weighted by molar-refractivity contribution is -0.144. The van der Waals surface area contributed by atoms with E-state index in [1.807, 2.05) is 60.7 Å². The second-order valence-electron chi connectivity index (χ2n) is 5.47. The van der Waals surface area contributed by atoms with E-state index in [1.165, 1.54) is 13.2 Å². The van der Waals surface area contributed by atoms with Crippen molar-refractivity contribution in [2.75, 3.05) is 7.11 Å². The topological polar surface area (TPSA) is 84.5 Å². The Morgan fingerprint density at radius 2 is 1.62 bits per heavy atom. The first-order valence-corrected chi connectivity index (χ1v) is 8.05. The zero-order chi connectivity index (χ0) is 18.8. The lowest BCUT2D eigenvalue weighted by atomic mass is 10.1. The van der Waals surface area contributed by atoms with E-state index >= 15 is 0 Å². The highest BCUT2D eigenvalue weighted by Gasteiger charge is 2.21. The summed E-state index contributed by atoms with van der Waals surface area (Å²) < 4.78 is 4.73. The summed E-state index contributed by atoms with van der Waals surface area (Å²) >= 11 is 0. The van der Waals surface area contributed by atoms with Gasteiger partial charge in [0.2, 0.25) is 5.78 Å². The minimum absolute atomic E-state index is 0.307. The molecule has 0 saturated heterocycles. The fraction of sp³-hybridized carbons (Fsp3) is 0.150. The number of carbonyl (C=O) groups excluding carboxylic acids is 3. The van der Waals surface area contributed by atoms with Crippen LogP contribution in [0.15, 0.2) is 66.7 Å².